The van der Waals surface area contributed by atoms with Crippen molar-refractivity contribution >= 4 is 17.7 Å². The fraction of sp³-hybridized carbons (Fsp3) is 0.538. The van der Waals surface area contributed by atoms with Crippen LogP contribution in [0, 0.1) is 19.8 Å². The Morgan fingerprint density at radius 3 is 2.85 bits per heavy atom. The van der Waals surface area contributed by atoms with Crippen molar-refractivity contribution in [3.05, 3.63) is 52.5 Å². The number of carbonyl (C=O) groups excluding carboxylic acids is 1. The molecule has 1 aliphatic heterocycles. The zero-order valence-electron chi connectivity index (χ0n) is 20.0. The van der Waals surface area contributed by atoms with Crippen LogP contribution in [0.5, 0.6) is 0 Å². The summed E-state index contributed by atoms with van der Waals surface area (Å²) in [4.78, 5) is 33.2. The molecule has 0 bridgehead atoms. The van der Waals surface area contributed by atoms with Gasteiger partial charge in [-0.1, -0.05) is 6.07 Å². The van der Waals surface area contributed by atoms with E-state index < -0.39 is 17.9 Å². The van der Waals surface area contributed by atoms with E-state index in [1.54, 1.807) is 19.2 Å². The van der Waals surface area contributed by atoms with E-state index in [9.17, 15) is 14.7 Å². The summed E-state index contributed by atoms with van der Waals surface area (Å²) in [5, 5.41) is 15.6. The van der Waals surface area contributed by atoms with Crippen LogP contribution in [0.1, 0.15) is 65.0 Å². The molecule has 2 aromatic rings. The normalized spacial score (nSPS) is 19.9. The molecule has 8 nitrogen and oxygen atoms in total. The zero-order chi connectivity index (χ0) is 24.1. The average molecular weight is 467 g/mol. The minimum atomic E-state index is -1.06. The van der Waals surface area contributed by atoms with Gasteiger partial charge in [-0.2, -0.15) is 0 Å². The van der Waals surface area contributed by atoms with Crippen LogP contribution in [-0.2, 0) is 22.4 Å². The molecule has 0 unspecified atom stereocenters. The van der Waals surface area contributed by atoms with Gasteiger partial charge in [0.2, 0.25) is 0 Å². The lowest BCUT2D eigenvalue weighted by atomic mass is 9.79. The van der Waals surface area contributed by atoms with Crippen molar-refractivity contribution < 1.29 is 19.4 Å². The van der Waals surface area contributed by atoms with E-state index in [1.807, 2.05) is 6.92 Å². The summed E-state index contributed by atoms with van der Waals surface area (Å²) in [6.07, 6.45) is 8.32. The molecule has 2 aromatic heterocycles. The van der Waals surface area contributed by atoms with E-state index in [-0.39, 0.29) is 12.5 Å². The SMILES string of the molecule is Cc1ccnc(C)c1C(=O)N[C@@H](CCOC1CC(CCc2ccc3c(n2)NCCC3)C1)C(=O)O. The highest BCUT2D eigenvalue weighted by atomic mass is 16.5. The minimum Gasteiger partial charge on any atom is -0.480 e. The Morgan fingerprint density at radius 1 is 1.26 bits per heavy atom. The van der Waals surface area contributed by atoms with Crippen molar-refractivity contribution in [1.82, 2.24) is 15.3 Å². The third-order valence-corrected chi connectivity index (χ3v) is 6.89. The number of pyridine rings is 2. The molecule has 34 heavy (non-hydrogen) atoms. The Labute approximate surface area is 200 Å². The van der Waals surface area contributed by atoms with Gasteiger partial charge < -0.3 is 20.5 Å². The number of amides is 1. The third kappa shape index (κ3) is 5.91. The Kier molecular flexibility index (Phi) is 7.77. The number of hydrogen-bond acceptors (Lipinski definition) is 6. The largest absolute Gasteiger partial charge is 0.480 e. The van der Waals surface area contributed by atoms with Gasteiger partial charge >= 0.3 is 5.97 Å². The monoisotopic (exact) mass is 466 g/mol. The van der Waals surface area contributed by atoms with Crippen LogP contribution in [0.25, 0.3) is 0 Å². The topological polar surface area (TPSA) is 113 Å². The number of rotatable bonds is 10. The number of nitrogens with one attached hydrogen (secondary N) is 2. The summed E-state index contributed by atoms with van der Waals surface area (Å²) >= 11 is 0. The number of ether oxygens (including phenoxy) is 1. The molecule has 2 aliphatic rings. The summed E-state index contributed by atoms with van der Waals surface area (Å²) in [6, 6.07) is 5.09. The van der Waals surface area contributed by atoms with Crippen molar-refractivity contribution in [3.8, 4) is 0 Å². The molecule has 1 saturated carbocycles. The molecule has 1 atom stereocenters. The van der Waals surface area contributed by atoms with E-state index in [0.29, 0.717) is 23.8 Å². The second-order valence-electron chi connectivity index (χ2n) is 9.45. The second kappa shape index (κ2) is 11.0. The molecule has 1 fully saturated rings. The third-order valence-electron chi connectivity index (χ3n) is 6.89. The van der Waals surface area contributed by atoms with Crippen LogP contribution in [0.15, 0.2) is 24.4 Å². The van der Waals surface area contributed by atoms with E-state index in [4.69, 9.17) is 9.72 Å². The smallest absolute Gasteiger partial charge is 0.326 e. The number of carboxylic acids is 1. The number of aliphatic carboxylic acids is 1. The number of carbonyl (C=O) groups is 2. The molecule has 1 amide bonds. The lowest BCUT2D eigenvalue weighted by Crippen LogP contribution is -2.42. The number of hydrogen-bond donors (Lipinski definition) is 3. The maximum Gasteiger partial charge on any atom is 0.326 e. The summed E-state index contributed by atoms with van der Waals surface area (Å²) in [5.74, 6) is 0.189. The van der Waals surface area contributed by atoms with Crippen LogP contribution >= 0.6 is 0 Å². The van der Waals surface area contributed by atoms with Gasteiger partial charge in [0.05, 0.1) is 17.4 Å². The number of aromatic nitrogens is 2. The molecular formula is C26H34N4O4. The fourth-order valence-electron chi connectivity index (χ4n) is 4.78. The molecule has 1 aliphatic carbocycles. The number of carboxylic acid groups (broad SMARTS) is 1. The van der Waals surface area contributed by atoms with E-state index in [1.165, 1.54) is 12.0 Å². The van der Waals surface area contributed by atoms with E-state index >= 15 is 0 Å². The quantitative estimate of drug-likeness (QED) is 0.491. The lowest BCUT2D eigenvalue weighted by Gasteiger charge is -2.35. The van der Waals surface area contributed by atoms with E-state index in [0.717, 1.165) is 55.7 Å². The summed E-state index contributed by atoms with van der Waals surface area (Å²) < 4.78 is 5.90. The minimum absolute atomic E-state index is 0.163. The maximum atomic E-state index is 12.6. The van der Waals surface area contributed by atoms with Crippen molar-refractivity contribution in [2.75, 3.05) is 18.5 Å². The number of anilines is 1. The molecule has 8 heteroatoms. The highest BCUT2D eigenvalue weighted by Gasteiger charge is 2.30. The molecule has 3 heterocycles. The van der Waals surface area contributed by atoms with Crippen molar-refractivity contribution in [2.24, 2.45) is 5.92 Å². The Balaban J connectivity index is 1.17. The first-order valence-corrected chi connectivity index (χ1v) is 12.2. The average Bonchev–Trinajstić information content (AvgIpc) is 2.78. The number of fused-ring (bicyclic) bond motifs is 1. The highest BCUT2D eigenvalue weighted by Crippen LogP contribution is 2.34. The summed E-state index contributed by atoms with van der Waals surface area (Å²) in [7, 11) is 0. The Morgan fingerprint density at radius 2 is 2.09 bits per heavy atom. The molecule has 4 rings (SSSR count). The molecule has 0 aromatic carbocycles. The van der Waals surface area contributed by atoms with Crippen LogP contribution in [-0.4, -0.2) is 52.2 Å². The van der Waals surface area contributed by atoms with Gasteiger partial charge in [-0.15, -0.1) is 0 Å². The molecular weight excluding hydrogens is 432 g/mol. The van der Waals surface area contributed by atoms with Crippen molar-refractivity contribution in [1.29, 1.82) is 0 Å². The molecule has 0 spiro atoms. The van der Waals surface area contributed by atoms with Crippen LogP contribution < -0.4 is 10.6 Å². The molecule has 0 saturated heterocycles. The molecule has 0 radical (unpaired) electrons. The predicted molar refractivity (Wildman–Crippen MR) is 129 cm³/mol. The van der Waals surface area contributed by atoms with Gasteiger partial charge in [0.25, 0.3) is 5.91 Å². The first-order valence-electron chi connectivity index (χ1n) is 12.2. The van der Waals surface area contributed by atoms with E-state index in [2.05, 4.69) is 27.8 Å². The number of nitrogens with zero attached hydrogens (tertiary/aromatic N) is 2. The molecule has 3 N–H and O–H groups in total. The second-order valence-corrected chi connectivity index (χ2v) is 9.45. The highest BCUT2D eigenvalue weighted by molar-refractivity contribution is 5.98. The van der Waals surface area contributed by atoms with Crippen molar-refractivity contribution in [3.63, 3.8) is 0 Å². The van der Waals surface area contributed by atoms with Crippen molar-refractivity contribution in [2.45, 2.75) is 70.9 Å². The van der Waals surface area contributed by atoms with Crippen LogP contribution in [0.3, 0.4) is 0 Å². The summed E-state index contributed by atoms with van der Waals surface area (Å²) in [6.45, 7) is 4.86. The molecule has 182 valence electrons. The van der Waals surface area contributed by atoms with Gasteiger partial charge in [-0.3, -0.25) is 9.78 Å². The maximum absolute atomic E-state index is 12.6. The Bertz CT molecular complexity index is 1020. The summed E-state index contributed by atoms with van der Waals surface area (Å²) in [5.41, 5.74) is 4.24. The zero-order valence-corrected chi connectivity index (χ0v) is 20.0. The standard InChI is InChI=1S/C26H34N4O4/c1-16-9-12-27-17(2)23(16)25(31)30-22(26(32)33)10-13-34-21-14-18(15-21)5-7-20-8-6-19-4-3-11-28-24(19)29-20/h6,8-9,12,18,21-22H,3-5,7,10-11,13-15H2,1-2H3,(H,28,29)(H,30,31)(H,32,33)/t18?,21?,22-/m0/s1. The predicted octanol–water partition coefficient (Wildman–Crippen LogP) is 3.45. The van der Waals surface area contributed by atoms with Gasteiger partial charge in [0.1, 0.15) is 11.9 Å². The van der Waals surface area contributed by atoms with Gasteiger partial charge in [0.15, 0.2) is 0 Å². The lowest BCUT2D eigenvalue weighted by molar-refractivity contribution is -0.140. The fourth-order valence-corrected chi connectivity index (χ4v) is 4.78. The van der Waals surface area contributed by atoms with Crippen LogP contribution in [0.2, 0.25) is 0 Å². The van der Waals surface area contributed by atoms with Gasteiger partial charge in [0, 0.05) is 31.5 Å². The number of aryl methyl sites for hydroxylation is 4. The van der Waals surface area contributed by atoms with Gasteiger partial charge in [-0.05, 0) is 81.5 Å². The first kappa shape index (κ1) is 24.1. The first-order chi connectivity index (χ1) is 16.4. The van der Waals surface area contributed by atoms with Gasteiger partial charge in [-0.25, -0.2) is 9.78 Å². The Hall–Kier alpha value is -3.00. The van der Waals surface area contributed by atoms with Crippen LogP contribution in [0.4, 0.5) is 5.82 Å².